The topological polar surface area (TPSA) is 0 Å². The molecular weight excluding hydrogens is 240 g/mol. The van der Waals surface area contributed by atoms with Crippen molar-refractivity contribution >= 4 is 14.5 Å². The van der Waals surface area contributed by atoms with E-state index >= 15 is 0 Å². The molecule has 0 saturated carbocycles. The van der Waals surface area contributed by atoms with Gasteiger partial charge in [-0.25, -0.2) is 0 Å². The summed E-state index contributed by atoms with van der Waals surface area (Å²) < 4.78 is 0. The van der Waals surface area contributed by atoms with Gasteiger partial charge in [0.2, 0.25) is 0 Å². The molecule has 1 unspecified atom stereocenters. The van der Waals surface area contributed by atoms with Crippen LogP contribution in [0.2, 0.25) is 0 Å². The molecule has 0 amide bonds. The van der Waals surface area contributed by atoms with Crippen LogP contribution >= 0.6 is 9.24 Å². The van der Waals surface area contributed by atoms with Crippen LogP contribution < -0.4 is 5.30 Å². The smallest absolute Gasteiger partial charge is 0 e. The molecule has 0 bridgehead atoms. The number of rotatable bonds is 0. The molecule has 11 heavy (non-hydrogen) atoms. The van der Waals surface area contributed by atoms with E-state index in [1.165, 1.54) is 22.0 Å². The average molecular weight is 253 g/mol. The molecule has 0 radical (unpaired) electrons. The Morgan fingerprint density at radius 1 is 1.00 bits per heavy atom. The minimum absolute atomic E-state index is 0. The molecule has 0 heterocycles. The minimum Gasteiger partial charge on any atom is -0.105 e. The molecule has 0 nitrogen and oxygen atoms in total. The third-order valence-corrected chi connectivity index (χ3v) is 2.73. The van der Waals surface area contributed by atoms with Gasteiger partial charge in [-0.15, -0.1) is 9.24 Å². The molecule has 0 aliphatic rings. The zero-order chi connectivity index (χ0) is 7.72. The van der Waals surface area contributed by atoms with Gasteiger partial charge in [-0.3, -0.25) is 0 Å². The van der Waals surface area contributed by atoms with Crippen molar-refractivity contribution in [3.63, 3.8) is 0 Å². The quantitative estimate of drug-likeness (QED) is 0.491. The van der Waals surface area contributed by atoms with Gasteiger partial charge in [-0.05, 0) is 42.8 Å². The first-order valence-electron chi connectivity index (χ1n) is 3.45. The van der Waals surface area contributed by atoms with Gasteiger partial charge in [-0.2, -0.15) is 0 Å². The summed E-state index contributed by atoms with van der Waals surface area (Å²) in [5.74, 6) is 0. The minimum atomic E-state index is 0. The summed E-state index contributed by atoms with van der Waals surface area (Å²) in [5, 5.41) is 1.31. The number of hydrogen-bond donors (Lipinski definition) is 0. The van der Waals surface area contributed by atoms with E-state index < -0.39 is 0 Å². The van der Waals surface area contributed by atoms with Crippen molar-refractivity contribution in [1.29, 1.82) is 0 Å². The maximum absolute atomic E-state index is 2.74. The average Bonchev–Trinajstić information content (AvgIpc) is 1.93. The predicted octanol–water partition coefficient (Wildman–Crippen LogP) is 2.11. The molecule has 62 valence electrons. The molecule has 0 aromatic heterocycles. The van der Waals surface area contributed by atoms with Crippen LogP contribution in [0.4, 0.5) is 0 Å². The van der Waals surface area contributed by atoms with Gasteiger partial charge >= 0.3 is 0 Å². The van der Waals surface area contributed by atoms with Gasteiger partial charge < -0.3 is 0 Å². The van der Waals surface area contributed by atoms with Crippen molar-refractivity contribution in [2.75, 3.05) is 0 Å². The standard InChI is InChI=1S/C9H13P.Ru/c1-6-4-5-9(10)8(3)7(6)2;/h4-5H,10H2,1-3H3;. The van der Waals surface area contributed by atoms with E-state index in [1.54, 1.807) is 0 Å². The Morgan fingerprint density at radius 3 is 2.00 bits per heavy atom. The molecule has 1 aromatic carbocycles. The van der Waals surface area contributed by atoms with Crippen LogP contribution in [-0.2, 0) is 19.5 Å². The van der Waals surface area contributed by atoms with E-state index in [4.69, 9.17) is 0 Å². The molecule has 1 aromatic rings. The van der Waals surface area contributed by atoms with Crippen molar-refractivity contribution in [3.05, 3.63) is 28.8 Å². The summed E-state index contributed by atoms with van der Waals surface area (Å²) in [5.41, 5.74) is 4.18. The summed E-state index contributed by atoms with van der Waals surface area (Å²) in [7, 11) is 2.74. The number of aryl methyl sites for hydroxylation is 1. The van der Waals surface area contributed by atoms with Crippen molar-refractivity contribution in [3.8, 4) is 0 Å². The van der Waals surface area contributed by atoms with Crippen LogP contribution in [0.5, 0.6) is 0 Å². The van der Waals surface area contributed by atoms with Gasteiger partial charge in [0.1, 0.15) is 0 Å². The summed E-state index contributed by atoms with van der Waals surface area (Å²) in [6.45, 7) is 6.47. The molecule has 0 N–H and O–H groups in total. The van der Waals surface area contributed by atoms with E-state index in [9.17, 15) is 0 Å². The largest absolute Gasteiger partial charge is 0.105 e. The van der Waals surface area contributed by atoms with E-state index in [0.29, 0.717) is 0 Å². The summed E-state index contributed by atoms with van der Waals surface area (Å²) >= 11 is 0. The molecular formula is C9H13PRu. The maximum Gasteiger partial charge on any atom is 0 e. The number of benzene rings is 1. The van der Waals surface area contributed by atoms with Crippen LogP contribution in [0.15, 0.2) is 12.1 Å². The van der Waals surface area contributed by atoms with Crippen molar-refractivity contribution in [2.24, 2.45) is 0 Å². The van der Waals surface area contributed by atoms with Crippen LogP contribution in [0, 0.1) is 20.8 Å². The van der Waals surface area contributed by atoms with Gasteiger partial charge in [0.15, 0.2) is 0 Å². The fraction of sp³-hybridized carbons (Fsp3) is 0.333. The second-order valence-electron chi connectivity index (χ2n) is 2.72. The maximum atomic E-state index is 2.74. The Labute approximate surface area is 83.7 Å². The molecule has 0 spiro atoms. The van der Waals surface area contributed by atoms with Crippen LogP contribution in [0.1, 0.15) is 16.7 Å². The monoisotopic (exact) mass is 254 g/mol. The Morgan fingerprint density at radius 2 is 1.55 bits per heavy atom. The second-order valence-corrected chi connectivity index (χ2v) is 3.34. The van der Waals surface area contributed by atoms with Crippen molar-refractivity contribution in [1.82, 2.24) is 0 Å². The summed E-state index contributed by atoms with van der Waals surface area (Å²) in [6, 6.07) is 4.30. The Bertz CT molecular complexity index is 229. The molecule has 0 fully saturated rings. The van der Waals surface area contributed by atoms with E-state index in [-0.39, 0.29) is 19.5 Å². The summed E-state index contributed by atoms with van der Waals surface area (Å²) in [4.78, 5) is 0. The van der Waals surface area contributed by atoms with Gasteiger partial charge in [0.25, 0.3) is 0 Å². The number of hydrogen-bond acceptors (Lipinski definition) is 0. The normalized spacial score (nSPS) is 9.09. The predicted molar refractivity (Wildman–Crippen MR) is 50.0 cm³/mol. The van der Waals surface area contributed by atoms with Crippen LogP contribution in [0.3, 0.4) is 0 Å². The van der Waals surface area contributed by atoms with Gasteiger partial charge in [0.05, 0.1) is 0 Å². The Balaban J connectivity index is 0.000001000. The zero-order valence-corrected chi connectivity index (χ0v) is 9.98. The Kier molecular flexibility index (Phi) is 4.44. The molecule has 2 heteroatoms. The first-order chi connectivity index (χ1) is 4.63. The third kappa shape index (κ3) is 2.36. The van der Waals surface area contributed by atoms with E-state index in [2.05, 4.69) is 42.1 Å². The molecule has 0 aliphatic heterocycles. The van der Waals surface area contributed by atoms with E-state index in [1.807, 2.05) is 0 Å². The molecule has 1 rings (SSSR count). The van der Waals surface area contributed by atoms with Gasteiger partial charge in [-0.1, -0.05) is 12.1 Å². The first-order valence-corrected chi connectivity index (χ1v) is 4.03. The molecule has 1 atom stereocenters. The second kappa shape index (κ2) is 4.34. The first kappa shape index (κ1) is 11.3. The fourth-order valence-electron chi connectivity index (χ4n) is 0.977. The van der Waals surface area contributed by atoms with Crippen molar-refractivity contribution < 1.29 is 19.5 Å². The van der Waals surface area contributed by atoms with Crippen LogP contribution in [0.25, 0.3) is 0 Å². The summed E-state index contributed by atoms with van der Waals surface area (Å²) in [6.07, 6.45) is 0. The van der Waals surface area contributed by atoms with Crippen molar-refractivity contribution in [2.45, 2.75) is 20.8 Å². The zero-order valence-electron chi connectivity index (χ0n) is 7.09. The third-order valence-electron chi connectivity index (χ3n) is 2.10. The van der Waals surface area contributed by atoms with E-state index in [0.717, 1.165) is 0 Å². The molecule has 0 saturated heterocycles. The Hall–Kier alpha value is 0.273. The molecule has 0 aliphatic carbocycles. The van der Waals surface area contributed by atoms with Crippen LogP contribution in [-0.4, -0.2) is 0 Å². The van der Waals surface area contributed by atoms with Gasteiger partial charge in [0, 0.05) is 19.5 Å². The fourth-order valence-corrected chi connectivity index (χ4v) is 1.29. The SMILES string of the molecule is Cc1ccc(P)c(C)c1C.[Ru].